The van der Waals surface area contributed by atoms with Gasteiger partial charge in [0.15, 0.2) is 0 Å². The summed E-state index contributed by atoms with van der Waals surface area (Å²) in [5.41, 5.74) is 1.05. The van der Waals surface area contributed by atoms with E-state index < -0.39 is 0 Å². The monoisotopic (exact) mass is 250 g/mol. The van der Waals surface area contributed by atoms with Gasteiger partial charge in [0.05, 0.1) is 12.2 Å². The molecule has 4 heteroatoms. The third-order valence-corrected chi connectivity index (χ3v) is 3.23. The average molecular weight is 250 g/mol. The molecule has 0 spiro atoms. The molecule has 0 saturated heterocycles. The van der Waals surface area contributed by atoms with Crippen LogP contribution in [0.5, 0.6) is 5.88 Å². The van der Waals surface area contributed by atoms with E-state index in [1.807, 2.05) is 26.0 Å². The highest BCUT2D eigenvalue weighted by molar-refractivity contribution is 5.25. The normalized spacial score (nSPS) is 23.6. The maximum absolute atomic E-state index is 9.77. The number of hydrogen-bond acceptors (Lipinski definition) is 4. The van der Waals surface area contributed by atoms with Crippen LogP contribution in [-0.4, -0.2) is 28.3 Å². The first-order valence-electron chi connectivity index (χ1n) is 6.69. The molecule has 1 heterocycles. The summed E-state index contributed by atoms with van der Waals surface area (Å²) in [4.78, 5) is 4.26. The second-order valence-electron chi connectivity index (χ2n) is 5.12. The molecule has 2 rings (SSSR count). The van der Waals surface area contributed by atoms with E-state index in [1.165, 1.54) is 0 Å². The summed E-state index contributed by atoms with van der Waals surface area (Å²) >= 11 is 0. The molecule has 1 fully saturated rings. The molecule has 1 aliphatic carbocycles. The van der Waals surface area contributed by atoms with Crippen LogP contribution in [0.2, 0.25) is 0 Å². The summed E-state index contributed by atoms with van der Waals surface area (Å²) in [7, 11) is 0. The van der Waals surface area contributed by atoms with E-state index in [9.17, 15) is 5.11 Å². The van der Waals surface area contributed by atoms with Gasteiger partial charge in [0, 0.05) is 24.3 Å². The molecule has 0 radical (unpaired) electrons. The zero-order valence-corrected chi connectivity index (χ0v) is 11.1. The van der Waals surface area contributed by atoms with Gasteiger partial charge in [0.2, 0.25) is 5.88 Å². The summed E-state index contributed by atoms with van der Waals surface area (Å²) in [6.45, 7) is 4.68. The molecule has 0 aromatic carbocycles. The average Bonchev–Trinajstić information content (AvgIpc) is 2.73. The van der Waals surface area contributed by atoms with Gasteiger partial charge in [-0.3, -0.25) is 0 Å². The molecule has 1 aromatic rings. The number of ether oxygens (including phenoxy) is 1. The molecule has 1 aromatic heterocycles. The van der Waals surface area contributed by atoms with Crippen LogP contribution < -0.4 is 10.1 Å². The fourth-order valence-electron chi connectivity index (χ4n) is 2.31. The Morgan fingerprint density at radius 1 is 1.50 bits per heavy atom. The van der Waals surface area contributed by atoms with Crippen molar-refractivity contribution in [1.29, 1.82) is 0 Å². The van der Waals surface area contributed by atoms with Gasteiger partial charge in [-0.15, -0.1) is 0 Å². The molecule has 2 atom stereocenters. The quantitative estimate of drug-likeness (QED) is 0.837. The van der Waals surface area contributed by atoms with E-state index >= 15 is 0 Å². The SMILES string of the molecule is CC(C)Oc1ncccc1CN[C@@H]1CCC[C@H]1O. The summed E-state index contributed by atoms with van der Waals surface area (Å²) in [5, 5.41) is 13.2. The molecular formula is C14H22N2O2. The van der Waals surface area contributed by atoms with Gasteiger partial charge in [0.25, 0.3) is 0 Å². The molecule has 18 heavy (non-hydrogen) atoms. The molecule has 2 N–H and O–H groups in total. The second-order valence-corrected chi connectivity index (χ2v) is 5.12. The number of aromatic nitrogens is 1. The Bertz CT molecular complexity index is 382. The first-order chi connectivity index (χ1) is 8.66. The lowest BCUT2D eigenvalue weighted by molar-refractivity contribution is 0.148. The fourth-order valence-corrected chi connectivity index (χ4v) is 2.31. The van der Waals surface area contributed by atoms with E-state index in [4.69, 9.17) is 4.74 Å². The minimum absolute atomic E-state index is 0.121. The van der Waals surface area contributed by atoms with E-state index in [0.717, 1.165) is 24.8 Å². The van der Waals surface area contributed by atoms with Crippen molar-refractivity contribution in [2.75, 3.05) is 0 Å². The van der Waals surface area contributed by atoms with E-state index in [2.05, 4.69) is 10.3 Å². The van der Waals surface area contributed by atoms with Crippen LogP contribution in [-0.2, 0) is 6.54 Å². The summed E-state index contributed by atoms with van der Waals surface area (Å²) in [6, 6.07) is 4.13. The molecule has 1 aliphatic rings. The van der Waals surface area contributed by atoms with Crippen molar-refractivity contribution in [2.24, 2.45) is 0 Å². The zero-order valence-electron chi connectivity index (χ0n) is 11.1. The van der Waals surface area contributed by atoms with Gasteiger partial charge in [-0.2, -0.15) is 0 Å². The van der Waals surface area contributed by atoms with Crippen LogP contribution in [0.4, 0.5) is 0 Å². The van der Waals surface area contributed by atoms with Gasteiger partial charge in [-0.1, -0.05) is 6.07 Å². The number of pyridine rings is 1. The predicted octanol–water partition coefficient (Wildman–Crippen LogP) is 1.87. The van der Waals surface area contributed by atoms with Crippen LogP contribution in [0.1, 0.15) is 38.7 Å². The number of rotatable bonds is 5. The number of nitrogens with zero attached hydrogens (tertiary/aromatic N) is 1. The van der Waals surface area contributed by atoms with Crippen molar-refractivity contribution >= 4 is 0 Å². The first-order valence-corrected chi connectivity index (χ1v) is 6.69. The van der Waals surface area contributed by atoms with Gasteiger partial charge in [-0.25, -0.2) is 4.98 Å². The largest absolute Gasteiger partial charge is 0.475 e. The van der Waals surface area contributed by atoms with Gasteiger partial charge in [0.1, 0.15) is 0 Å². The minimum Gasteiger partial charge on any atom is -0.475 e. The maximum Gasteiger partial charge on any atom is 0.218 e. The van der Waals surface area contributed by atoms with E-state index in [0.29, 0.717) is 12.4 Å². The first kappa shape index (κ1) is 13.3. The van der Waals surface area contributed by atoms with Crippen molar-refractivity contribution in [3.63, 3.8) is 0 Å². The smallest absolute Gasteiger partial charge is 0.218 e. The van der Waals surface area contributed by atoms with Crippen LogP contribution in [0, 0.1) is 0 Å². The van der Waals surface area contributed by atoms with E-state index in [1.54, 1.807) is 6.20 Å². The maximum atomic E-state index is 9.77. The third kappa shape index (κ3) is 3.43. The van der Waals surface area contributed by atoms with Gasteiger partial charge < -0.3 is 15.2 Å². The Kier molecular flexibility index (Phi) is 4.55. The Balaban J connectivity index is 1.95. The van der Waals surface area contributed by atoms with Gasteiger partial charge >= 0.3 is 0 Å². The standard InChI is InChI=1S/C14H22N2O2/c1-10(2)18-14-11(5-4-8-15-14)9-16-12-6-3-7-13(12)17/h4-5,8,10,12-13,16-17H,3,6-7,9H2,1-2H3/t12-,13-/m1/s1. The van der Waals surface area contributed by atoms with Crippen molar-refractivity contribution in [3.05, 3.63) is 23.9 Å². The van der Waals surface area contributed by atoms with Gasteiger partial charge in [-0.05, 0) is 39.2 Å². The van der Waals surface area contributed by atoms with Crippen molar-refractivity contribution < 1.29 is 9.84 Å². The summed E-state index contributed by atoms with van der Waals surface area (Å²) < 4.78 is 5.67. The number of nitrogens with one attached hydrogen (secondary N) is 1. The Morgan fingerprint density at radius 3 is 3.00 bits per heavy atom. The van der Waals surface area contributed by atoms with Crippen LogP contribution >= 0.6 is 0 Å². The number of aliphatic hydroxyl groups excluding tert-OH is 1. The number of aliphatic hydroxyl groups is 1. The van der Waals surface area contributed by atoms with Crippen LogP contribution in [0.3, 0.4) is 0 Å². The minimum atomic E-state index is -0.212. The topological polar surface area (TPSA) is 54.4 Å². The lowest BCUT2D eigenvalue weighted by Crippen LogP contribution is -2.35. The van der Waals surface area contributed by atoms with Crippen LogP contribution in [0.25, 0.3) is 0 Å². The predicted molar refractivity (Wildman–Crippen MR) is 70.5 cm³/mol. The highest BCUT2D eigenvalue weighted by Gasteiger charge is 2.24. The van der Waals surface area contributed by atoms with Crippen molar-refractivity contribution in [1.82, 2.24) is 10.3 Å². The fraction of sp³-hybridized carbons (Fsp3) is 0.643. The van der Waals surface area contributed by atoms with E-state index in [-0.39, 0.29) is 18.2 Å². The lowest BCUT2D eigenvalue weighted by atomic mass is 10.2. The van der Waals surface area contributed by atoms with Crippen LogP contribution in [0.15, 0.2) is 18.3 Å². The van der Waals surface area contributed by atoms with Crippen molar-refractivity contribution in [3.8, 4) is 5.88 Å². The molecule has 0 amide bonds. The molecule has 0 unspecified atom stereocenters. The lowest BCUT2D eigenvalue weighted by Gasteiger charge is -2.18. The zero-order chi connectivity index (χ0) is 13.0. The molecule has 0 bridgehead atoms. The molecular weight excluding hydrogens is 228 g/mol. The highest BCUT2D eigenvalue weighted by atomic mass is 16.5. The Hall–Kier alpha value is -1.13. The third-order valence-electron chi connectivity index (χ3n) is 3.23. The molecule has 100 valence electrons. The Labute approximate surface area is 108 Å². The summed E-state index contributed by atoms with van der Waals surface area (Å²) in [5.74, 6) is 0.687. The second kappa shape index (κ2) is 6.16. The molecule has 1 saturated carbocycles. The molecule has 4 nitrogen and oxygen atoms in total. The van der Waals surface area contributed by atoms with Crippen molar-refractivity contribution in [2.45, 2.75) is 57.9 Å². The highest BCUT2D eigenvalue weighted by Crippen LogP contribution is 2.21. The molecule has 0 aliphatic heterocycles. The number of hydrogen-bond donors (Lipinski definition) is 2. The Morgan fingerprint density at radius 2 is 2.33 bits per heavy atom. The summed E-state index contributed by atoms with van der Waals surface area (Å²) in [6.07, 6.45) is 4.70.